The molecule has 1 fully saturated rings. The fraction of sp³-hybridized carbons (Fsp3) is 0.656. The molecule has 0 aliphatic heterocycles. The zero-order valence-corrected chi connectivity index (χ0v) is 26.7. The number of esters is 1. The summed E-state index contributed by atoms with van der Waals surface area (Å²) in [6.07, 6.45) is 8.01. The van der Waals surface area contributed by atoms with Crippen molar-refractivity contribution in [3.63, 3.8) is 0 Å². The van der Waals surface area contributed by atoms with Gasteiger partial charge in [-0.1, -0.05) is 38.5 Å². The molecule has 1 saturated carbocycles. The Hall–Kier alpha value is -3.67. The molecule has 44 heavy (non-hydrogen) atoms. The number of hydrogen-bond acceptors (Lipinski definition) is 8. The first-order valence-electron chi connectivity index (χ1n) is 15.6. The number of aryl methyl sites for hydroxylation is 2. The number of amides is 4. The third kappa shape index (κ3) is 11.8. The van der Waals surface area contributed by atoms with E-state index >= 15 is 0 Å². The first-order chi connectivity index (χ1) is 20.8. The molecule has 1 aromatic carbocycles. The van der Waals surface area contributed by atoms with Crippen LogP contribution in [0.1, 0.15) is 87.8 Å². The Morgan fingerprint density at radius 2 is 1.66 bits per heavy atom. The van der Waals surface area contributed by atoms with Gasteiger partial charge in [0.15, 0.2) is 0 Å². The lowest BCUT2D eigenvalue weighted by Crippen LogP contribution is -2.54. The predicted octanol–water partition coefficient (Wildman–Crippen LogP) is 1.89. The number of unbranched alkanes of at least 4 members (excludes halogenated alkanes) is 2. The number of benzene rings is 1. The quantitative estimate of drug-likeness (QED) is 0.129. The topological polar surface area (TPSA) is 194 Å². The molecule has 1 aromatic rings. The number of methoxy groups -OCH3 is 1. The van der Waals surface area contributed by atoms with Gasteiger partial charge in [0.25, 0.3) is 0 Å². The van der Waals surface area contributed by atoms with Crippen LogP contribution < -0.4 is 22.1 Å². The van der Waals surface area contributed by atoms with Crippen LogP contribution in [-0.4, -0.2) is 77.9 Å². The van der Waals surface area contributed by atoms with Crippen LogP contribution in [0.15, 0.2) is 12.1 Å². The number of primary amides is 1. The molecule has 0 aromatic heterocycles. The maximum Gasteiger partial charge on any atom is 0.305 e. The van der Waals surface area contributed by atoms with Crippen LogP contribution in [0, 0.1) is 19.8 Å². The van der Waals surface area contributed by atoms with Crippen LogP contribution in [-0.2, 0) is 35.1 Å². The zero-order chi connectivity index (χ0) is 32.8. The molecule has 0 saturated heterocycles. The predicted molar refractivity (Wildman–Crippen MR) is 166 cm³/mol. The number of carbonyl (C=O) groups is 5. The van der Waals surface area contributed by atoms with E-state index in [1.54, 1.807) is 12.1 Å². The van der Waals surface area contributed by atoms with E-state index in [2.05, 4.69) is 15.4 Å². The van der Waals surface area contributed by atoms with Crippen molar-refractivity contribution in [2.45, 2.75) is 110 Å². The Kier molecular flexibility index (Phi) is 15.1. The fourth-order valence-electron chi connectivity index (χ4n) is 5.83. The highest BCUT2D eigenvalue weighted by Crippen LogP contribution is 2.29. The molecule has 0 unspecified atom stereocenters. The number of nitrogens with two attached hydrogens (primary N) is 2. The van der Waals surface area contributed by atoms with Crippen molar-refractivity contribution in [2.75, 3.05) is 20.2 Å². The Morgan fingerprint density at radius 1 is 1.02 bits per heavy atom. The molecule has 0 heterocycles. The number of aromatic hydroxyl groups is 1. The van der Waals surface area contributed by atoms with Crippen molar-refractivity contribution in [3.8, 4) is 5.75 Å². The molecule has 246 valence electrons. The number of phenolic OH excluding ortho intramolecular Hbond substituents is 1. The zero-order valence-electron chi connectivity index (χ0n) is 26.7. The van der Waals surface area contributed by atoms with Crippen LogP contribution >= 0.6 is 0 Å². The average Bonchev–Trinajstić information content (AvgIpc) is 2.98. The summed E-state index contributed by atoms with van der Waals surface area (Å²) in [5.74, 6) is -2.01. The van der Waals surface area contributed by atoms with Gasteiger partial charge in [-0.15, -0.1) is 0 Å². The number of carbonyl (C=O) groups excluding carboxylic acids is 5. The molecule has 4 amide bonds. The minimum atomic E-state index is -0.968. The molecule has 3 atom stereocenters. The summed E-state index contributed by atoms with van der Waals surface area (Å²) in [6, 6.07) is 0.502. The Labute approximate surface area is 260 Å². The number of phenols is 1. The molecule has 12 heteroatoms. The summed E-state index contributed by atoms with van der Waals surface area (Å²) < 4.78 is 4.67. The van der Waals surface area contributed by atoms with Gasteiger partial charge in [-0.05, 0) is 81.2 Å². The van der Waals surface area contributed by atoms with E-state index in [1.165, 1.54) is 18.9 Å². The van der Waals surface area contributed by atoms with Crippen molar-refractivity contribution in [3.05, 3.63) is 28.8 Å². The van der Waals surface area contributed by atoms with Crippen molar-refractivity contribution in [1.29, 1.82) is 0 Å². The lowest BCUT2D eigenvalue weighted by Gasteiger charge is -2.33. The van der Waals surface area contributed by atoms with Gasteiger partial charge in [0, 0.05) is 13.0 Å². The summed E-state index contributed by atoms with van der Waals surface area (Å²) >= 11 is 0. The summed E-state index contributed by atoms with van der Waals surface area (Å²) in [7, 11) is 1.33. The summed E-state index contributed by atoms with van der Waals surface area (Å²) in [6.45, 7) is 5.03. The second kappa shape index (κ2) is 18.2. The average molecular weight is 618 g/mol. The van der Waals surface area contributed by atoms with Gasteiger partial charge in [-0.25, -0.2) is 0 Å². The van der Waals surface area contributed by atoms with E-state index in [1.807, 2.05) is 13.8 Å². The van der Waals surface area contributed by atoms with Gasteiger partial charge in [0.05, 0.1) is 19.7 Å². The maximum atomic E-state index is 13.4. The van der Waals surface area contributed by atoms with Crippen LogP contribution in [0.25, 0.3) is 0 Å². The summed E-state index contributed by atoms with van der Waals surface area (Å²) in [5, 5.41) is 14.9. The third-order valence-electron chi connectivity index (χ3n) is 8.42. The minimum absolute atomic E-state index is 0.134. The van der Waals surface area contributed by atoms with E-state index in [4.69, 9.17) is 11.5 Å². The van der Waals surface area contributed by atoms with Crippen LogP contribution in [0.3, 0.4) is 0 Å². The van der Waals surface area contributed by atoms with Gasteiger partial charge < -0.3 is 36.8 Å². The standard InChI is InChI=1S/C32H51N5O7/c1-20-15-24(38)16-21(2)25(20)18-26(33)32(43)36-22(3)31(42)35-19-28(39)37(14-10-6-9-13-29(40)44-4)27(30(34)41)17-23-11-7-5-8-12-23/h15-16,22-23,26-27,38H,5-14,17-19,33H2,1-4H3,(H2,34,41)(H,35,42)(H,36,43)/t22-,26-,27+/m1/s1. The molecule has 0 bridgehead atoms. The fourth-order valence-corrected chi connectivity index (χ4v) is 5.83. The first kappa shape index (κ1) is 36.5. The lowest BCUT2D eigenvalue weighted by atomic mass is 9.84. The number of nitrogens with zero attached hydrogens (tertiary/aromatic N) is 1. The number of nitrogens with one attached hydrogen (secondary N) is 2. The third-order valence-corrected chi connectivity index (χ3v) is 8.42. The second-order valence-electron chi connectivity index (χ2n) is 11.9. The van der Waals surface area contributed by atoms with Gasteiger partial charge in [-0.3, -0.25) is 24.0 Å². The molecule has 12 nitrogen and oxygen atoms in total. The first-order valence-corrected chi connectivity index (χ1v) is 15.6. The molecule has 7 N–H and O–H groups in total. The molecular formula is C32H51N5O7. The Morgan fingerprint density at radius 3 is 2.25 bits per heavy atom. The van der Waals surface area contributed by atoms with Crippen LogP contribution in [0.4, 0.5) is 0 Å². The highest BCUT2D eigenvalue weighted by atomic mass is 16.5. The van der Waals surface area contributed by atoms with E-state index in [0.29, 0.717) is 31.6 Å². The molecule has 0 spiro atoms. The van der Waals surface area contributed by atoms with Gasteiger partial charge in [0.2, 0.25) is 23.6 Å². The minimum Gasteiger partial charge on any atom is -0.508 e. The van der Waals surface area contributed by atoms with Crippen LogP contribution in [0.5, 0.6) is 5.75 Å². The maximum absolute atomic E-state index is 13.4. The molecule has 1 aliphatic carbocycles. The van der Waals surface area contributed by atoms with E-state index in [-0.39, 0.29) is 37.6 Å². The van der Waals surface area contributed by atoms with E-state index in [9.17, 15) is 29.1 Å². The van der Waals surface area contributed by atoms with E-state index < -0.39 is 41.8 Å². The summed E-state index contributed by atoms with van der Waals surface area (Å²) in [5.41, 5.74) is 14.4. The number of hydrogen-bond donors (Lipinski definition) is 5. The number of rotatable bonds is 17. The van der Waals surface area contributed by atoms with Crippen molar-refractivity contribution < 1.29 is 33.8 Å². The molecule has 2 rings (SSSR count). The smallest absolute Gasteiger partial charge is 0.305 e. The van der Waals surface area contributed by atoms with E-state index in [0.717, 1.165) is 48.8 Å². The van der Waals surface area contributed by atoms with Crippen molar-refractivity contribution in [2.24, 2.45) is 17.4 Å². The normalized spacial score (nSPS) is 15.5. The van der Waals surface area contributed by atoms with Crippen molar-refractivity contribution >= 4 is 29.6 Å². The SMILES string of the molecule is COC(=O)CCCCCN(C(=O)CNC(=O)[C@@H](C)NC(=O)[C@H](N)Cc1c(C)cc(O)cc1C)[C@@H](CC1CCCCC1)C(N)=O. The molecule has 0 radical (unpaired) electrons. The monoisotopic (exact) mass is 617 g/mol. The Balaban J connectivity index is 1.99. The lowest BCUT2D eigenvalue weighted by molar-refractivity contribution is -0.141. The molecule has 1 aliphatic rings. The van der Waals surface area contributed by atoms with Gasteiger partial charge >= 0.3 is 5.97 Å². The second-order valence-corrected chi connectivity index (χ2v) is 11.9. The van der Waals surface area contributed by atoms with Gasteiger partial charge in [0.1, 0.15) is 17.8 Å². The highest BCUT2D eigenvalue weighted by Gasteiger charge is 2.31. The molecular weight excluding hydrogens is 566 g/mol. The van der Waals surface area contributed by atoms with Gasteiger partial charge in [-0.2, -0.15) is 0 Å². The largest absolute Gasteiger partial charge is 0.508 e. The van der Waals surface area contributed by atoms with Crippen molar-refractivity contribution in [1.82, 2.24) is 15.5 Å². The number of ether oxygens (including phenoxy) is 1. The highest BCUT2D eigenvalue weighted by molar-refractivity contribution is 5.93. The summed E-state index contributed by atoms with van der Waals surface area (Å²) in [4.78, 5) is 64.5. The van der Waals surface area contributed by atoms with Crippen LogP contribution in [0.2, 0.25) is 0 Å². The Bertz CT molecular complexity index is 1130.